The fraction of sp³-hybridized carbons (Fsp3) is 0.571. The molecule has 0 bridgehead atoms. The summed E-state index contributed by atoms with van der Waals surface area (Å²) >= 11 is 0. The van der Waals surface area contributed by atoms with Gasteiger partial charge in [0.25, 0.3) is 5.91 Å². The van der Waals surface area contributed by atoms with E-state index >= 15 is 0 Å². The number of anilines is 1. The smallest absolute Gasteiger partial charge is 0.254 e. The number of aromatic nitrogens is 1. The number of carbonyl (C=O) groups is 1. The highest BCUT2D eigenvalue weighted by Crippen LogP contribution is 2.31. The molecule has 1 aromatic rings. The average molecular weight is 262 g/mol. The molecule has 0 aromatic carbocycles. The van der Waals surface area contributed by atoms with E-state index in [2.05, 4.69) is 10.3 Å². The van der Waals surface area contributed by atoms with Crippen LogP contribution in [0.2, 0.25) is 0 Å². The van der Waals surface area contributed by atoms with Crippen molar-refractivity contribution in [1.29, 1.82) is 0 Å². The summed E-state index contributed by atoms with van der Waals surface area (Å²) in [4.78, 5) is 17.6. The van der Waals surface area contributed by atoms with Gasteiger partial charge in [-0.05, 0) is 25.0 Å². The Morgan fingerprint density at radius 1 is 1.42 bits per heavy atom. The number of hydrogen-bond acceptors (Lipinski definition) is 4. The van der Waals surface area contributed by atoms with Gasteiger partial charge >= 0.3 is 0 Å². The topological polar surface area (TPSA) is 71.2 Å². The van der Waals surface area contributed by atoms with Crippen LogP contribution in [0.1, 0.15) is 36.0 Å². The molecule has 0 saturated heterocycles. The number of pyridine rings is 1. The maximum absolute atomic E-state index is 11.8. The summed E-state index contributed by atoms with van der Waals surface area (Å²) in [5.74, 6) is 0.760. The van der Waals surface area contributed by atoms with Gasteiger partial charge in [-0.3, -0.25) is 4.79 Å². The van der Waals surface area contributed by atoms with Crippen LogP contribution in [0.4, 0.5) is 5.82 Å². The molecular formula is C14H22N4O. The van der Waals surface area contributed by atoms with Crippen LogP contribution in [0.3, 0.4) is 0 Å². The van der Waals surface area contributed by atoms with Crippen LogP contribution in [0.15, 0.2) is 18.3 Å². The van der Waals surface area contributed by atoms with Gasteiger partial charge in [-0.15, -0.1) is 0 Å². The fourth-order valence-electron chi connectivity index (χ4n) is 2.56. The minimum atomic E-state index is -0.0338. The van der Waals surface area contributed by atoms with E-state index in [1.54, 1.807) is 31.3 Å². The SMILES string of the molecule is CN(C)C(=O)c1ccc(NC2(CN)CCCC2)nc1. The lowest BCUT2D eigenvalue weighted by Crippen LogP contribution is -2.43. The van der Waals surface area contributed by atoms with E-state index < -0.39 is 0 Å². The molecule has 2 rings (SSSR count). The molecule has 1 aliphatic carbocycles. The Morgan fingerprint density at radius 3 is 2.58 bits per heavy atom. The predicted octanol–water partition coefficient (Wildman–Crippen LogP) is 1.47. The van der Waals surface area contributed by atoms with Gasteiger partial charge in [0.1, 0.15) is 5.82 Å². The van der Waals surface area contributed by atoms with Crippen molar-refractivity contribution in [2.24, 2.45) is 5.73 Å². The molecule has 1 aliphatic rings. The van der Waals surface area contributed by atoms with E-state index in [1.165, 1.54) is 12.8 Å². The lowest BCUT2D eigenvalue weighted by Gasteiger charge is -2.29. The number of nitrogens with two attached hydrogens (primary N) is 1. The molecule has 5 nitrogen and oxygen atoms in total. The van der Waals surface area contributed by atoms with E-state index in [0.29, 0.717) is 12.1 Å². The van der Waals surface area contributed by atoms with E-state index in [4.69, 9.17) is 5.73 Å². The fourth-order valence-corrected chi connectivity index (χ4v) is 2.56. The van der Waals surface area contributed by atoms with Crippen LogP contribution in [-0.2, 0) is 0 Å². The first kappa shape index (κ1) is 13.8. The Labute approximate surface area is 114 Å². The van der Waals surface area contributed by atoms with Gasteiger partial charge in [-0.25, -0.2) is 4.98 Å². The minimum Gasteiger partial charge on any atom is -0.363 e. The number of nitrogens with one attached hydrogen (secondary N) is 1. The number of nitrogens with zero attached hydrogens (tertiary/aromatic N) is 2. The number of hydrogen-bond donors (Lipinski definition) is 2. The quantitative estimate of drug-likeness (QED) is 0.862. The normalized spacial score (nSPS) is 17.2. The summed E-state index contributed by atoms with van der Waals surface area (Å²) in [7, 11) is 3.47. The molecule has 1 amide bonds. The number of carbonyl (C=O) groups excluding carboxylic acids is 1. The first-order valence-corrected chi connectivity index (χ1v) is 6.72. The van der Waals surface area contributed by atoms with E-state index in [1.807, 2.05) is 6.07 Å². The molecule has 104 valence electrons. The highest BCUT2D eigenvalue weighted by Gasteiger charge is 2.32. The summed E-state index contributed by atoms with van der Waals surface area (Å²) < 4.78 is 0. The van der Waals surface area contributed by atoms with E-state index in [0.717, 1.165) is 18.7 Å². The summed E-state index contributed by atoms with van der Waals surface area (Å²) in [5.41, 5.74) is 6.47. The molecule has 3 N–H and O–H groups in total. The van der Waals surface area contributed by atoms with Gasteiger partial charge in [-0.2, -0.15) is 0 Å². The Hall–Kier alpha value is -1.62. The number of amides is 1. The Bertz CT molecular complexity index is 435. The zero-order valence-electron chi connectivity index (χ0n) is 11.6. The van der Waals surface area contributed by atoms with Crippen molar-refractivity contribution in [1.82, 2.24) is 9.88 Å². The van der Waals surface area contributed by atoms with Crippen molar-refractivity contribution in [3.63, 3.8) is 0 Å². The Balaban J connectivity index is 2.08. The first-order chi connectivity index (χ1) is 9.06. The second kappa shape index (κ2) is 5.57. The molecule has 1 fully saturated rings. The molecule has 1 saturated carbocycles. The molecule has 0 unspecified atom stereocenters. The molecule has 5 heteroatoms. The highest BCUT2D eigenvalue weighted by molar-refractivity contribution is 5.93. The largest absolute Gasteiger partial charge is 0.363 e. The second-order valence-corrected chi connectivity index (χ2v) is 5.45. The van der Waals surface area contributed by atoms with Crippen molar-refractivity contribution >= 4 is 11.7 Å². The third-order valence-corrected chi connectivity index (χ3v) is 3.76. The summed E-state index contributed by atoms with van der Waals surface area (Å²) in [6, 6.07) is 3.66. The third kappa shape index (κ3) is 3.04. The molecule has 0 spiro atoms. The van der Waals surface area contributed by atoms with Crippen LogP contribution in [0.5, 0.6) is 0 Å². The van der Waals surface area contributed by atoms with Gasteiger partial charge in [0.2, 0.25) is 0 Å². The van der Waals surface area contributed by atoms with Crippen molar-refractivity contribution in [2.75, 3.05) is 26.0 Å². The monoisotopic (exact) mass is 262 g/mol. The predicted molar refractivity (Wildman–Crippen MR) is 76.1 cm³/mol. The van der Waals surface area contributed by atoms with Crippen LogP contribution < -0.4 is 11.1 Å². The van der Waals surface area contributed by atoms with E-state index in [9.17, 15) is 4.79 Å². The lowest BCUT2D eigenvalue weighted by molar-refractivity contribution is 0.0827. The Kier molecular flexibility index (Phi) is 4.04. The van der Waals surface area contributed by atoms with Crippen LogP contribution in [-0.4, -0.2) is 42.0 Å². The molecule has 1 aromatic heterocycles. The molecule has 19 heavy (non-hydrogen) atoms. The lowest BCUT2D eigenvalue weighted by atomic mass is 9.98. The zero-order chi connectivity index (χ0) is 13.9. The van der Waals surface area contributed by atoms with Gasteiger partial charge < -0.3 is 16.0 Å². The molecule has 0 aliphatic heterocycles. The maximum Gasteiger partial charge on any atom is 0.254 e. The molecule has 0 radical (unpaired) electrons. The molecule has 1 heterocycles. The van der Waals surface area contributed by atoms with Gasteiger partial charge in [0.15, 0.2) is 0 Å². The van der Waals surface area contributed by atoms with Crippen molar-refractivity contribution in [3.05, 3.63) is 23.9 Å². The van der Waals surface area contributed by atoms with Crippen molar-refractivity contribution < 1.29 is 4.79 Å². The summed E-state index contributed by atoms with van der Waals surface area (Å²) in [6.45, 7) is 0.618. The van der Waals surface area contributed by atoms with Crippen molar-refractivity contribution in [2.45, 2.75) is 31.2 Å². The highest BCUT2D eigenvalue weighted by atomic mass is 16.2. The van der Waals surface area contributed by atoms with Gasteiger partial charge in [0.05, 0.1) is 11.1 Å². The van der Waals surface area contributed by atoms with Crippen LogP contribution in [0.25, 0.3) is 0 Å². The minimum absolute atomic E-state index is 0.0138. The standard InChI is InChI=1S/C14H22N4O/c1-18(2)13(19)11-5-6-12(16-9-11)17-14(10-15)7-3-4-8-14/h5-6,9H,3-4,7-8,10,15H2,1-2H3,(H,16,17). The summed E-state index contributed by atoms with van der Waals surface area (Å²) in [5, 5.41) is 3.44. The number of rotatable bonds is 4. The second-order valence-electron chi connectivity index (χ2n) is 5.45. The van der Waals surface area contributed by atoms with Crippen LogP contribution >= 0.6 is 0 Å². The van der Waals surface area contributed by atoms with E-state index in [-0.39, 0.29) is 11.4 Å². The zero-order valence-corrected chi connectivity index (χ0v) is 11.6. The molecule has 0 atom stereocenters. The van der Waals surface area contributed by atoms with Crippen LogP contribution in [0, 0.1) is 0 Å². The first-order valence-electron chi connectivity index (χ1n) is 6.72. The maximum atomic E-state index is 11.8. The van der Waals surface area contributed by atoms with Gasteiger partial charge in [0, 0.05) is 26.8 Å². The Morgan fingerprint density at radius 2 is 2.11 bits per heavy atom. The third-order valence-electron chi connectivity index (χ3n) is 3.76. The van der Waals surface area contributed by atoms with Crippen molar-refractivity contribution in [3.8, 4) is 0 Å². The molecular weight excluding hydrogens is 240 g/mol. The van der Waals surface area contributed by atoms with Gasteiger partial charge in [-0.1, -0.05) is 12.8 Å². The average Bonchev–Trinajstić information content (AvgIpc) is 2.88. The summed E-state index contributed by atoms with van der Waals surface area (Å²) in [6.07, 6.45) is 6.21.